The number of hydrogen-bond donors (Lipinski definition) is 2. The van der Waals surface area contributed by atoms with Crippen LogP contribution >= 0.6 is 15.9 Å². The van der Waals surface area contributed by atoms with Crippen molar-refractivity contribution in [1.82, 2.24) is 4.98 Å². The Labute approximate surface area is 132 Å². The van der Waals surface area contributed by atoms with Gasteiger partial charge in [0.25, 0.3) is 10.0 Å². The van der Waals surface area contributed by atoms with E-state index in [0.717, 1.165) is 4.47 Å². The standard InChI is InChI=1S/C14H15BrN2O3S/c1-2-11-4-3-10(9-18)7-13(11)21(19,20)17-14-6-5-12(15)8-16-14/h3-8,18H,2,9H2,1H3,(H,16,17). The molecule has 2 aromatic rings. The summed E-state index contributed by atoms with van der Waals surface area (Å²) in [6.45, 7) is 1.67. The van der Waals surface area contributed by atoms with E-state index in [2.05, 4.69) is 25.6 Å². The molecule has 0 atom stereocenters. The number of aryl methyl sites for hydroxylation is 1. The molecule has 7 heteroatoms. The smallest absolute Gasteiger partial charge is 0.263 e. The lowest BCUT2D eigenvalue weighted by atomic mass is 10.1. The second-order valence-electron chi connectivity index (χ2n) is 4.42. The summed E-state index contributed by atoms with van der Waals surface area (Å²) in [6, 6.07) is 8.20. The normalized spacial score (nSPS) is 11.4. The molecule has 0 bridgehead atoms. The van der Waals surface area contributed by atoms with Crippen molar-refractivity contribution in [2.45, 2.75) is 24.8 Å². The SMILES string of the molecule is CCc1ccc(CO)cc1S(=O)(=O)Nc1ccc(Br)cn1. The first-order valence-electron chi connectivity index (χ1n) is 6.33. The number of halogens is 1. The Hall–Kier alpha value is -1.44. The fraction of sp³-hybridized carbons (Fsp3) is 0.214. The molecule has 2 rings (SSSR count). The second kappa shape index (κ2) is 6.55. The number of aliphatic hydroxyl groups excluding tert-OH is 1. The molecule has 0 saturated carbocycles. The van der Waals surface area contributed by atoms with Gasteiger partial charge in [0.05, 0.1) is 11.5 Å². The van der Waals surface area contributed by atoms with Crippen LogP contribution in [0, 0.1) is 0 Å². The van der Waals surface area contributed by atoms with E-state index in [1.807, 2.05) is 6.92 Å². The Morgan fingerprint density at radius 1 is 1.29 bits per heavy atom. The summed E-state index contributed by atoms with van der Waals surface area (Å²) in [5.41, 5.74) is 1.24. The Kier molecular flexibility index (Phi) is 4.97. The molecule has 0 aliphatic rings. The first-order chi connectivity index (χ1) is 9.96. The van der Waals surface area contributed by atoms with Crippen LogP contribution in [0.3, 0.4) is 0 Å². The highest BCUT2D eigenvalue weighted by Gasteiger charge is 2.19. The van der Waals surface area contributed by atoms with Crippen LogP contribution in [0.1, 0.15) is 18.1 Å². The Balaban J connectivity index is 2.41. The van der Waals surface area contributed by atoms with Crippen LogP contribution < -0.4 is 4.72 Å². The molecule has 0 fully saturated rings. The number of pyridine rings is 1. The summed E-state index contributed by atoms with van der Waals surface area (Å²) < 4.78 is 28.2. The maximum atomic E-state index is 12.5. The van der Waals surface area contributed by atoms with Crippen LogP contribution in [0.25, 0.3) is 0 Å². The van der Waals surface area contributed by atoms with Crippen LogP contribution in [-0.2, 0) is 23.1 Å². The molecule has 0 unspecified atom stereocenters. The first-order valence-corrected chi connectivity index (χ1v) is 8.61. The largest absolute Gasteiger partial charge is 0.392 e. The molecule has 0 radical (unpaired) electrons. The van der Waals surface area contributed by atoms with Crippen molar-refractivity contribution in [1.29, 1.82) is 0 Å². The summed E-state index contributed by atoms with van der Waals surface area (Å²) in [7, 11) is -3.74. The molecular formula is C14H15BrN2O3S. The van der Waals surface area contributed by atoms with E-state index in [0.29, 0.717) is 17.5 Å². The number of aliphatic hydroxyl groups is 1. The zero-order valence-electron chi connectivity index (χ0n) is 11.4. The van der Waals surface area contributed by atoms with Crippen molar-refractivity contribution >= 4 is 31.8 Å². The van der Waals surface area contributed by atoms with E-state index in [-0.39, 0.29) is 17.3 Å². The number of nitrogens with zero attached hydrogens (tertiary/aromatic N) is 1. The second-order valence-corrected chi connectivity index (χ2v) is 6.99. The van der Waals surface area contributed by atoms with Gasteiger partial charge in [-0.25, -0.2) is 13.4 Å². The van der Waals surface area contributed by atoms with Gasteiger partial charge in [-0.2, -0.15) is 0 Å². The van der Waals surface area contributed by atoms with Crippen LogP contribution in [0.5, 0.6) is 0 Å². The molecule has 0 saturated heterocycles. The fourth-order valence-electron chi connectivity index (χ4n) is 1.87. The summed E-state index contributed by atoms with van der Waals surface area (Å²) >= 11 is 3.24. The lowest BCUT2D eigenvalue weighted by Crippen LogP contribution is -2.16. The number of nitrogens with one attached hydrogen (secondary N) is 1. The maximum absolute atomic E-state index is 12.5. The minimum atomic E-state index is -3.74. The Morgan fingerprint density at radius 2 is 2.05 bits per heavy atom. The number of sulfonamides is 1. The monoisotopic (exact) mass is 370 g/mol. The van der Waals surface area contributed by atoms with Gasteiger partial charge in [0, 0.05) is 10.7 Å². The topological polar surface area (TPSA) is 79.3 Å². The molecule has 1 heterocycles. The Bertz CT molecular complexity index is 730. The molecule has 112 valence electrons. The molecule has 0 aliphatic carbocycles. The summed E-state index contributed by atoms with van der Waals surface area (Å²) in [6.07, 6.45) is 2.10. The van der Waals surface area contributed by atoms with Crippen molar-refractivity contribution in [2.75, 3.05) is 4.72 Å². The van der Waals surface area contributed by atoms with Gasteiger partial charge in [-0.15, -0.1) is 0 Å². The van der Waals surface area contributed by atoms with E-state index >= 15 is 0 Å². The lowest BCUT2D eigenvalue weighted by Gasteiger charge is -2.12. The number of rotatable bonds is 5. The van der Waals surface area contributed by atoms with Gasteiger partial charge in [0.15, 0.2) is 0 Å². The minimum Gasteiger partial charge on any atom is -0.392 e. The highest BCUT2D eigenvalue weighted by molar-refractivity contribution is 9.10. The summed E-state index contributed by atoms with van der Waals surface area (Å²) in [4.78, 5) is 4.17. The zero-order chi connectivity index (χ0) is 15.5. The van der Waals surface area contributed by atoms with Gasteiger partial charge in [-0.3, -0.25) is 4.72 Å². The van der Waals surface area contributed by atoms with Crippen molar-refractivity contribution in [2.24, 2.45) is 0 Å². The number of benzene rings is 1. The number of aromatic nitrogens is 1. The zero-order valence-corrected chi connectivity index (χ0v) is 13.8. The lowest BCUT2D eigenvalue weighted by molar-refractivity contribution is 0.281. The summed E-state index contributed by atoms with van der Waals surface area (Å²) in [5.74, 6) is 0.245. The quantitative estimate of drug-likeness (QED) is 0.847. The Morgan fingerprint density at radius 3 is 2.62 bits per heavy atom. The number of anilines is 1. The molecule has 0 spiro atoms. The van der Waals surface area contributed by atoms with Gasteiger partial charge >= 0.3 is 0 Å². The van der Waals surface area contributed by atoms with Crippen LogP contribution in [0.2, 0.25) is 0 Å². The van der Waals surface area contributed by atoms with E-state index in [4.69, 9.17) is 0 Å². The van der Waals surface area contributed by atoms with Crippen LogP contribution in [0.15, 0.2) is 45.9 Å². The summed E-state index contributed by atoms with van der Waals surface area (Å²) in [5, 5.41) is 9.18. The highest BCUT2D eigenvalue weighted by Crippen LogP contribution is 2.22. The minimum absolute atomic E-state index is 0.168. The third-order valence-electron chi connectivity index (χ3n) is 2.95. The third-order valence-corrected chi connectivity index (χ3v) is 4.86. The maximum Gasteiger partial charge on any atom is 0.263 e. The fourth-order valence-corrected chi connectivity index (χ4v) is 3.47. The molecule has 5 nitrogen and oxygen atoms in total. The van der Waals surface area contributed by atoms with Crippen molar-refractivity contribution < 1.29 is 13.5 Å². The predicted octanol–water partition coefficient (Wildman–Crippen LogP) is 2.70. The molecule has 0 amide bonds. The molecule has 1 aromatic heterocycles. The average Bonchev–Trinajstić information content (AvgIpc) is 2.48. The molecule has 0 aliphatic heterocycles. The van der Waals surface area contributed by atoms with E-state index in [9.17, 15) is 13.5 Å². The van der Waals surface area contributed by atoms with Crippen LogP contribution in [-0.4, -0.2) is 18.5 Å². The highest BCUT2D eigenvalue weighted by atomic mass is 79.9. The van der Waals surface area contributed by atoms with E-state index in [1.54, 1.807) is 24.3 Å². The van der Waals surface area contributed by atoms with Crippen LogP contribution in [0.4, 0.5) is 5.82 Å². The van der Waals surface area contributed by atoms with Gasteiger partial charge in [-0.05, 0) is 51.7 Å². The predicted molar refractivity (Wildman–Crippen MR) is 84.5 cm³/mol. The molecule has 21 heavy (non-hydrogen) atoms. The van der Waals surface area contributed by atoms with Crippen molar-refractivity contribution in [3.8, 4) is 0 Å². The van der Waals surface area contributed by atoms with E-state index in [1.165, 1.54) is 12.3 Å². The van der Waals surface area contributed by atoms with Crippen molar-refractivity contribution in [3.63, 3.8) is 0 Å². The van der Waals surface area contributed by atoms with Gasteiger partial charge in [0.1, 0.15) is 5.82 Å². The van der Waals surface area contributed by atoms with E-state index < -0.39 is 10.0 Å². The molecular weight excluding hydrogens is 356 g/mol. The third kappa shape index (κ3) is 3.81. The molecule has 1 aromatic carbocycles. The number of hydrogen-bond acceptors (Lipinski definition) is 4. The van der Waals surface area contributed by atoms with Gasteiger partial charge < -0.3 is 5.11 Å². The average molecular weight is 371 g/mol. The van der Waals surface area contributed by atoms with Gasteiger partial charge in [-0.1, -0.05) is 19.1 Å². The molecule has 2 N–H and O–H groups in total. The van der Waals surface area contributed by atoms with Crippen molar-refractivity contribution in [3.05, 3.63) is 52.1 Å². The van der Waals surface area contributed by atoms with Gasteiger partial charge in [0.2, 0.25) is 0 Å². The first kappa shape index (κ1) is 15.9.